The molecule has 2 fully saturated rings. The summed E-state index contributed by atoms with van der Waals surface area (Å²) in [4.78, 5) is 0. The van der Waals surface area contributed by atoms with E-state index in [2.05, 4.69) is 33.0 Å². The lowest BCUT2D eigenvalue weighted by Crippen LogP contribution is -2.62. The summed E-state index contributed by atoms with van der Waals surface area (Å²) in [6.45, 7) is 9.38. The third-order valence-electron chi connectivity index (χ3n) is 3.93. The van der Waals surface area contributed by atoms with E-state index < -0.39 is 0 Å². The highest BCUT2D eigenvalue weighted by molar-refractivity contribution is 5.00. The van der Waals surface area contributed by atoms with Crippen LogP contribution in [0.25, 0.3) is 0 Å². The van der Waals surface area contributed by atoms with Gasteiger partial charge >= 0.3 is 0 Å². The Morgan fingerprint density at radius 2 is 1.62 bits per heavy atom. The molecule has 0 radical (unpaired) electrons. The fourth-order valence-electron chi connectivity index (χ4n) is 2.71. The molecule has 1 aliphatic carbocycles. The largest absolute Gasteiger partial charge is 0.310 e. The number of rotatable bonds is 1. The van der Waals surface area contributed by atoms with Crippen molar-refractivity contribution in [3.63, 3.8) is 0 Å². The van der Waals surface area contributed by atoms with Crippen molar-refractivity contribution in [2.75, 3.05) is 0 Å². The maximum Gasteiger partial charge on any atom is 0.0133 e. The third-order valence-corrected chi connectivity index (χ3v) is 3.93. The highest BCUT2D eigenvalue weighted by Gasteiger charge is 2.43. The Hall–Kier alpha value is -0.0400. The molecule has 1 aliphatic heterocycles. The van der Waals surface area contributed by atoms with Gasteiger partial charge in [0.15, 0.2) is 0 Å². The number of hydrogen-bond donors (Lipinski definition) is 1. The van der Waals surface area contributed by atoms with Gasteiger partial charge in [-0.25, -0.2) is 0 Å². The lowest BCUT2D eigenvalue weighted by Gasteiger charge is -2.52. The molecule has 2 atom stereocenters. The molecule has 1 heterocycles. The summed E-state index contributed by atoms with van der Waals surface area (Å²) in [5.74, 6) is 2.01. The van der Waals surface area contributed by atoms with Crippen molar-refractivity contribution in [1.29, 1.82) is 0 Å². The molecule has 0 spiro atoms. The molecule has 2 aliphatic rings. The monoisotopic (exact) mass is 181 g/mol. The molecule has 1 saturated carbocycles. The molecule has 0 aromatic heterocycles. The zero-order valence-corrected chi connectivity index (χ0v) is 9.43. The van der Waals surface area contributed by atoms with Crippen LogP contribution >= 0.6 is 0 Å². The molecule has 1 nitrogen and oxygen atoms in total. The van der Waals surface area contributed by atoms with Gasteiger partial charge in [-0.2, -0.15) is 0 Å². The first kappa shape index (κ1) is 9.51. The maximum absolute atomic E-state index is 3.74. The second kappa shape index (κ2) is 2.98. The molecule has 0 aromatic rings. The van der Waals surface area contributed by atoms with Crippen LogP contribution in [0.4, 0.5) is 0 Å². The molecule has 0 bridgehead atoms. The quantitative estimate of drug-likeness (QED) is 0.656. The smallest absolute Gasteiger partial charge is 0.0133 e. The van der Waals surface area contributed by atoms with Crippen LogP contribution < -0.4 is 5.32 Å². The number of hydrogen-bond acceptors (Lipinski definition) is 1. The lowest BCUT2D eigenvalue weighted by atomic mass is 9.65. The van der Waals surface area contributed by atoms with E-state index in [-0.39, 0.29) is 0 Å². The van der Waals surface area contributed by atoms with E-state index in [1.54, 1.807) is 0 Å². The second-order valence-electron chi connectivity index (χ2n) is 6.26. The van der Waals surface area contributed by atoms with E-state index in [0.717, 1.165) is 23.9 Å². The van der Waals surface area contributed by atoms with Gasteiger partial charge in [-0.15, -0.1) is 0 Å². The van der Waals surface area contributed by atoms with Crippen molar-refractivity contribution in [3.8, 4) is 0 Å². The van der Waals surface area contributed by atoms with Crippen LogP contribution in [0.5, 0.6) is 0 Å². The number of nitrogens with one attached hydrogen (secondary N) is 1. The average Bonchev–Trinajstić information content (AvgIpc) is 1.76. The topological polar surface area (TPSA) is 12.0 Å². The van der Waals surface area contributed by atoms with E-state index in [1.807, 2.05) is 0 Å². The standard InChI is InChI=1S/C12H23N/c1-8-5-9(6-8)10-7-11(13-10)12(2,3)4/h8-11,13H,5-7H2,1-4H3. The fourth-order valence-corrected chi connectivity index (χ4v) is 2.71. The van der Waals surface area contributed by atoms with Crippen LogP contribution in [0.3, 0.4) is 0 Å². The predicted molar refractivity (Wildman–Crippen MR) is 56.7 cm³/mol. The van der Waals surface area contributed by atoms with Crippen molar-refractivity contribution >= 4 is 0 Å². The summed E-state index contributed by atoms with van der Waals surface area (Å²) in [5.41, 5.74) is 0.464. The molecule has 1 N–H and O–H groups in total. The summed E-state index contributed by atoms with van der Waals surface area (Å²) in [5, 5.41) is 3.74. The van der Waals surface area contributed by atoms with Crippen molar-refractivity contribution in [1.82, 2.24) is 5.32 Å². The first-order chi connectivity index (χ1) is 5.97. The summed E-state index contributed by atoms with van der Waals surface area (Å²) in [7, 11) is 0. The first-order valence-corrected chi connectivity index (χ1v) is 5.73. The van der Waals surface area contributed by atoms with Gasteiger partial charge in [0, 0.05) is 12.1 Å². The Balaban J connectivity index is 1.73. The summed E-state index contributed by atoms with van der Waals surface area (Å²) >= 11 is 0. The van der Waals surface area contributed by atoms with Crippen LogP contribution in [0.1, 0.15) is 47.0 Å². The Kier molecular flexibility index (Phi) is 2.18. The Morgan fingerprint density at radius 1 is 1.08 bits per heavy atom. The van der Waals surface area contributed by atoms with Gasteiger partial charge in [0.1, 0.15) is 0 Å². The Morgan fingerprint density at radius 3 is 2.00 bits per heavy atom. The van der Waals surface area contributed by atoms with Crippen LogP contribution in [0.2, 0.25) is 0 Å². The average molecular weight is 181 g/mol. The zero-order chi connectivity index (χ0) is 9.64. The van der Waals surface area contributed by atoms with Gasteiger partial charge < -0.3 is 5.32 Å². The molecule has 0 aromatic carbocycles. The SMILES string of the molecule is CC1CC(C2CC(C(C)(C)C)N2)C1. The highest BCUT2D eigenvalue weighted by Crippen LogP contribution is 2.42. The summed E-state index contributed by atoms with van der Waals surface area (Å²) < 4.78 is 0. The third kappa shape index (κ3) is 1.76. The molecule has 13 heavy (non-hydrogen) atoms. The van der Waals surface area contributed by atoms with Gasteiger partial charge in [0.05, 0.1) is 0 Å². The van der Waals surface area contributed by atoms with Crippen molar-refractivity contribution in [2.45, 2.75) is 59.0 Å². The summed E-state index contributed by atoms with van der Waals surface area (Å²) in [6.07, 6.45) is 4.35. The van der Waals surface area contributed by atoms with E-state index in [4.69, 9.17) is 0 Å². The highest BCUT2D eigenvalue weighted by atomic mass is 15.1. The predicted octanol–water partition coefficient (Wildman–Crippen LogP) is 2.81. The van der Waals surface area contributed by atoms with Crippen molar-refractivity contribution < 1.29 is 0 Å². The van der Waals surface area contributed by atoms with Gasteiger partial charge in [-0.05, 0) is 36.5 Å². The van der Waals surface area contributed by atoms with Gasteiger partial charge in [-0.1, -0.05) is 27.7 Å². The van der Waals surface area contributed by atoms with E-state index in [0.29, 0.717) is 5.41 Å². The zero-order valence-electron chi connectivity index (χ0n) is 9.43. The molecule has 1 saturated heterocycles. The maximum atomic E-state index is 3.74. The summed E-state index contributed by atoms with van der Waals surface area (Å²) in [6, 6.07) is 1.63. The molecule has 0 amide bonds. The minimum Gasteiger partial charge on any atom is -0.310 e. The minimum absolute atomic E-state index is 0.464. The van der Waals surface area contributed by atoms with Crippen molar-refractivity contribution in [3.05, 3.63) is 0 Å². The fraction of sp³-hybridized carbons (Fsp3) is 1.00. The van der Waals surface area contributed by atoms with E-state index in [9.17, 15) is 0 Å². The van der Waals surface area contributed by atoms with Crippen LogP contribution in [-0.2, 0) is 0 Å². The molecule has 2 rings (SSSR count). The second-order valence-corrected chi connectivity index (χ2v) is 6.26. The van der Waals surface area contributed by atoms with E-state index >= 15 is 0 Å². The lowest BCUT2D eigenvalue weighted by molar-refractivity contribution is 0.0479. The molecular formula is C12H23N. The molecule has 2 unspecified atom stereocenters. The minimum atomic E-state index is 0.464. The van der Waals surface area contributed by atoms with E-state index in [1.165, 1.54) is 19.3 Å². The molecule has 76 valence electrons. The first-order valence-electron chi connectivity index (χ1n) is 5.73. The molecular weight excluding hydrogens is 158 g/mol. The normalized spacial score (nSPS) is 45.2. The van der Waals surface area contributed by atoms with Gasteiger partial charge in [0.2, 0.25) is 0 Å². The Labute approximate surface area is 82.3 Å². The Bertz CT molecular complexity index is 180. The van der Waals surface area contributed by atoms with Crippen molar-refractivity contribution in [2.24, 2.45) is 17.3 Å². The van der Waals surface area contributed by atoms with Crippen LogP contribution in [-0.4, -0.2) is 12.1 Å². The van der Waals surface area contributed by atoms with Gasteiger partial charge in [0.25, 0.3) is 0 Å². The van der Waals surface area contributed by atoms with Gasteiger partial charge in [-0.3, -0.25) is 0 Å². The molecule has 1 heteroatoms. The van der Waals surface area contributed by atoms with Crippen LogP contribution in [0, 0.1) is 17.3 Å². The van der Waals surface area contributed by atoms with Crippen LogP contribution in [0.15, 0.2) is 0 Å².